The minimum atomic E-state index is -0.728. The molecule has 2 nitrogen and oxygen atoms in total. The molecular weight excluding hydrogens is 495 g/mol. The first-order chi connectivity index (χ1) is 17.3. The van der Waals surface area contributed by atoms with Gasteiger partial charge in [-0.25, -0.2) is 0 Å². The zero-order chi connectivity index (χ0) is 27.7. The molecule has 2 aromatic rings. The predicted molar refractivity (Wildman–Crippen MR) is 174 cm³/mol. The molecule has 0 unspecified atom stereocenters. The summed E-state index contributed by atoms with van der Waals surface area (Å²) in [6, 6.07) is 9.79. The molecule has 0 spiro atoms. The van der Waals surface area contributed by atoms with Crippen LogP contribution in [0.4, 0.5) is 11.4 Å². The maximum absolute atomic E-state index is 5.61. The Kier molecular flexibility index (Phi) is 12.5. The summed E-state index contributed by atoms with van der Waals surface area (Å²) in [5, 5.41) is 8.73. The molecule has 0 saturated carbocycles. The largest absolute Gasteiger partial charge is 1.00 e. The molecule has 0 aromatic heterocycles. The SMILES string of the molecule is C1CCOC1.Cc1cc([PH+](C(C)C)C(C)C)c2c(c1)C(C)(C)c1cc(C)cc([PH+](C(C)C)C(C)C)c1[N-]2.[Li+]. The Balaban J connectivity index is 0.000000756. The van der Waals surface area contributed by atoms with Gasteiger partial charge in [0, 0.05) is 34.5 Å². The van der Waals surface area contributed by atoms with E-state index in [1.807, 2.05) is 0 Å². The van der Waals surface area contributed by atoms with Gasteiger partial charge in [-0.05, 0) is 116 Å². The Labute approximate surface area is 249 Å². The van der Waals surface area contributed by atoms with E-state index >= 15 is 0 Å². The second-order valence-electron chi connectivity index (χ2n) is 13.0. The third-order valence-corrected chi connectivity index (χ3v) is 15.0. The molecule has 4 rings (SSSR count). The fraction of sp³-hybridized carbons (Fsp3) is 0.636. The van der Waals surface area contributed by atoms with E-state index in [-0.39, 0.29) is 24.3 Å². The Bertz CT molecular complexity index is 972. The summed E-state index contributed by atoms with van der Waals surface area (Å²) in [7, 11) is -1.46. The minimum Gasteiger partial charge on any atom is -0.651 e. The van der Waals surface area contributed by atoms with Crippen LogP contribution < -0.4 is 29.5 Å². The van der Waals surface area contributed by atoms with E-state index < -0.39 is 15.8 Å². The van der Waals surface area contributed by atoms with Crippen molar-refractivity contribution in [1.82, 2.24) is 0 Å². The molecule has 0 amide bonds. The number of hydrogen-bond acceptors (Lipinski definition) is 1. The number of rotatable bonds is 6. The normalized spacial score (nSPS) is 15.9. The average molecular weight is 550 g/mol. The van der Waals surface area contributed by atoms with Crippen LogP contribution in [0.25, 0.3) is 5.32 Å². The van der Waals surface area contributed by atoms with E-state index in [1.165, 1.54) is 46.5 Å². The second kappa shape index (κ2) is 14.0. The van der Waals surface area contributed by atoms with Crippen molar-refractivity contribution in [3.63, 3.8) is 0 Å². The number of nitrogens with zero attached hydrogens (tertiary/aromatic N) is 1. The van der Waals surface area contributed by atoms with Gasteiger partial charge in [0.15, 0.2) is 0 Å². The van der Waals surface area contributed by atoms with E-state index in [9.17, 15) is 0 Å². The van der Waals surface area contributed by atoms with Crippen LogP contribution in [-0.2, 0) is 10.2 Å². The molecule has 2 heterocycles. The van der Waals surface area contributed by atoms with Gasteiger partial charge in [-0.1, -0.05) is 37.4 Å². The van der Waals surface area contributed by atoms with E-state index in [2.05, 4.69) is 107 Å². The maximum atomic E-state index is 5.61. The molecule has 0 N–H and O–H groups in total. The van der Waals surface area contributed by atoms with Crippen LogP contribution >= 0.6 is 15.8 Å². The van der Waals surface area contributed by atoms with Gasteiger partial charge in [0.2, 0.25) is 0 Å². The zero-order valence-electron chi connectivity index (χ0n) is 26.8. The molecule has 0 atom stereocenters. The van der Waals surface area contributed by atoms with Crippen LogP contribution in [0.5, 0.6) is 0 Å². The van der Waals surface area contributed by atoms with Gasteiger partial charge in [-0.2, -0.15) is 0 Å². The van der Waals surface area contributed by atoms with Gasteiger partial charge in [-0.15, -0.1) is 0 Å². The van der Waals surface area contributed by atoms with Crippen LogP contribution in [0.3, 0.4) is 0 Å². The first-order valence-electron chi connectivity index (χ1n) is 14.6. The topological polar surface area (TPSA) is 23.3 Å². The maximum Gasteiger partial charge on any atom is 1.00 e. The van der Waals surface area contributed by atoms with Crippen LogP contribution in [0.2, 0.25) is 0 Å². The van der Waals surface area contributed by atoms with Crippen molar-refractivity contribution in [3.8, 4) is 0 Å². The van der Waals surface area contributed by atoms with Crippen molar-refractivity contribution < 1.29 is 23.6 Å². The summed E-state index contributed by atoms with van der Waals surface area (Å²) in [6.07, 6.45) is 2.56. The summed E-state index contributed by atoms with van der Waals surface area (Å²) in [6.45, 7) is 30.7. The van der Waals surface area contributed by atoms with Crippen LogP contribution in [0.15, 0.2) is 24.3 Å². The third kappa shape index (κ3) is 7.29. The minimum absolute atomic E-state index is 0. The van der Waals surface area contributed by atoms with Crippen molar-refractivity contribution in [2.24, 2.45) is 0 Å². The van der Waals surface area contributed by atoms with Crippen LogP contribution in [0, 0.1) is 13.8 Å². The average Bonchev–Trinajstić information content (AvgIpc) is 3.35. The molecule has 5 heteroatoms. The Morgan fingerprint density at radius 1 is 0.658 bits per heavy atom. The first kappa shape index (κ1) is 33.9. The molecule has 0 bridgehead atoms. The number of benzene rings is 2. The molecule has 38 heavy (non-hydrogen) atoms. The molecular formula is C33H54LiNOP2+2. The summed E-state index contributed by atoms with van der Waals surface area (Å²) < 4.78 is 4.94. The third-order valence-electron chi connectivity index (χ3n) is 8.02. The van der Waals surface area contributed by atoms with E-state index in [0.717, 1.165) is 13.2 Å². The Morgan fingerprint density at radius 2 is 1.00 bits per heavy atom. The van der Waals surface area contributed by atoms with Crippen molar-refractivity contribution >= 4 is 37.8 Å². The van der Waals surface area contributed by atoms with Crippen LogP contribution in [0.1, 0.15) is 104 Å². The van der Waals surface area contributed by atoms with Crippen molar-refractivity contribution in [2.45, 2.75) is 124 Å². The van der Waals surface area contributed by atoms with Gasteiger partial charge in [0.1, 0.15) is 0 Å². The molecule has 2 aliphatic rings. The molecule has 0 radical (unpaired) electrons. The Hall–Kier alpha value is -0.343. The number of ether oxygens (including phenoxy) is 1. The van der Waals surface area contributed by atoms with Crippen molar-refractivity contribution in [1.29, 1.82) is 0 Å². The van der Waals surface area contributed by atoms with Gasteiger partial charge in [0.05, 0.1) is 33.2 Å². The molecule has 1 saturated heterocycles. The first-order valence-corrected chi connectivity index (χ1v) is 17.9. The summed E-state index contributed by atoms with van der Waals surface area (Å²) >= 11 is 0. The predicted octanol–water partition coefficient (Wildman–Crippen LogP) is 6.39. The van der Waals surface area contributed by atoms with Crippen molar-refractivity contribution in [3.05, 3.63) is 51.8 Å². The summed E-state index contributed by atoms with van der Waals surface area (Å²) in [5.74, 6) is 0. The van der Waals surface area contributed by atoms with Crippen LogP contribution in [-0.4, -0.2) is 35.8 Å². The van der Waals surface area contributed by atoms with E-state index in [1.54, 1.807) is 10.6 Å². The summed E-state index contributed by atoms with van der Waals surface area (Å²) in [5.41, 5.74) is 11.0. The van der Waals surface area contributed by atoms with Gasteiger partial charge < -0.3 is 10.1 Å². The summed E-state index contributed by atoms with van der Waals surface area (Å²) in [4.78, 5) is 0. The monoisotopic (exact) mass is 549 g/mol. The molecule has 2 aliphatic heterocycles. The van der Waals surface area contributed by atoms with E-state index in [0.29, 0.717) is 22.6 Å². The smallest absolute Gasteiger partial charge is 0.651 e. The zero-order valence-corrected chi connectivity index (χ0v) is 28.8. The number of aryl methyl sites for hydroxylation is 2. The number of fused-ring (bicyclic) bond motifs is 2. The quantitative estimate of drug-likeness (QED) is 0.302. The second-order valence-corrected chi connectivity index (χ2v) is 20.5. The van der Waals surface area contributed by atoms with Crippen molar-refractivity contribution in [2.75, 3.05) is 13.2 Å². The Morgan fingerprint density at radius 3 is 1.26 bits per heavy atom. The molecule has 2 aromatic carbocycles. The molecule has 206 valence electrons. The van der Waals surface area contributed by atoms with Gasteiger partial charge >= 0.3 is 18.9 Å². The van der Waals surface area contributed by atoms with E-state index in [4.69, 9.17) is 10.1 Å². The fourth-order valence-corrected chi connectivity index (χ4v) is 13.4. The number of hydrogen-bond donors (Lipinski definition) is 0. The molecule has 1 fully saturated rings. The fourth-order valence-electron chi connectivity index (χ4n) is 6.54. The van der Waals surface area contributed by atoms with Gasteiger partial charge in [-0.3, -0.25) is 0 Å². The molecule has 0 aliphatic carbocycles. The standard InChI is InChI=1S/C29H44NP2.C4H8O.Li/c1-17(2)31(18(3)4)25-15-21(9)13-23-27(25)30-28-24(29(23,11)12)14-22(10)16-26(28)32(19(5)6)20(7)8;1-2-4-5-3-1;/h13-20H,1-12H3;1-4H2;/q-1;;+1/p+2. The van der Waals surface area contributed by atoms with Gasteiger partial charge in [0.25, 0.3) is 0 Å².